The van der Waals surface area contributed by atoms with Crippen LogP contribution in [-0.4, -0.2) is 40.2 Å². The molecule has 1 rings (SSSR count). The molecule has 1 aromatic carbocycles. The van der Waals surface area contributed by atoms with Crippen molar-refractivity contribution in [1.29, 1.82) is 0 Å². The zero-order valence-corrected chi connectivity index (χ0v) is 10.7. The summed E-state index contributed by atoms with van der Waals surface area (Å²) in [5, 5.41) is 30.8. The molecule has 0 fully saturated rings. The number of carbonyl (C=O) groups is 2. The first-order valence-corrected chi connectivity index (χ1v) is 5.63. The Morgan fingerprint density at radius 2 is 1.95 bits per heavy atom. The predicted molar refractivity (Wildman–Crippen MR) is 65.3 cm³/mol. The molecule has 0 saturated carbocycles. The van der Waals surface area contributed by atoms with Crippen LogP contribution < -0.4 is 5.32 Å². The zero-order valence-electron chi connectivity index (χ0n) is 9.94. The summed E-state index contributed by atoms with van der Waals surface area (Å²) in [6.07, 6.45) is 0. The number of phenolic OH excluding ortho intramolecular Hbond substituents is 3. The molecular formula is C11H12ClNO6. The minimum atomic E-state index is -0.833. The second kappa shape index (κ2) is 6.14. The lowest BCUT2D eigenvalue weighted by Crippen LogP contribution is -2.25. The van der Waals surface area contributed by atoms with Crippen LogP contribution in [-0.2, 0) is 16.1 Å². The van der Waals surface area contributed by atoms with Gasteiger partial charge >= 0.3 is 5.97 Å². The molecule has 8 heteroatoms. The first-order valence-electron chi connectivity index (χ1n) is 5.10. The summed E-state index contributed by atoms with van der Waals surface area (Å²) in [6.45, 7) is -0.254. The van der Waals surface area contributed by atoms with Gasteiger partial charge in [0, 0.05) is 12.1 Å². The van der Waals surface area contributed by atoms with Crippen molar-refractivity contribution >= 4 is 23.5 Å². The molecule has 0 spiro atoms. The topological polar surface area (TPSA) is 116 Å². The number of halogens is 1. The number of alkyl halides is 1. The Morgan fingerprint density at radius 3 is 2.47 bits per heavy atom. The van der Waals surface area contributed by atoms with Crippen molar-refractivity contribution in [2.45, 2.75) is 6.54 Å². The molecule has 1 amide bonds. The van der Waals surface area contributed by atoms with Gasteiger partial charge in [-0.1, -0.05) is 0 Å². The van der Waals surface area contributed by atoms with Gasteiger partial charge in [-0.3, -0.25) is 4.79 Å². The van der Waals surface area contributed by atoms with Crippen molar-refractivity contribution < 1.29 is 29.6 Å². The van der Waals surface area contributed by atoms with Gasteiger partial charge in [-0.05, 0) is 6.07 Å². The Labute approximate surface area is 113 Å². The third kappa shape index (κ3) is 3.19. The molecule has 0 saturated heterocycles. The summed E-state index contributed by atoms with van der Waals surface area (Å²) in [5.41, 5.74) is -0.259. The standard InChI is InChI=1S/C11H12ClNO6/c1-19-11(18)5-2-7(14)10(17)9(16)6(5)4-13-8(15)3-12/h2,14,16-17H,3-4H2,1H3,(H,13,15). The number of hydrogen-bond acceptors (Lipinski definition) is 6. The van der Waals surface area contributed by atoms with Gasteiger partial charge in [0.05, 0.1) is 12.7 Å². The number of carbonyl (C=O) groups excluding carboxylic acids is 2. The maximum absolute atomic E-state index is 11.5. The highest BCUT2D eigenvalue weighted by Gasteiger charge is 2.22. The number of rotatable bonds is 4. The molecule has 0 atom stereocenters. The summed E-state index contributed by atoms with van der Waals surface area (Å²) in [5.74, 6) is -3.83. The number of hydrogen-bond donors (Lipinski definition) is 4. The van der Waals surface area contributed by atoms with Gasteiger partial charge in [-0.25, -0.2) is 4.79 Å². The van der Waals surface area contributed by atoms with E-state index in [4.69, 9.17) is 11.6 Å². The molecule has 4 N–H and O–H groups in total. The van der Waals surface area contributed by atoms with Gasteiger partial charge in [0.1, 0.15) is 5.88 Å². The van der Waals surface area contributed by atoms with E-state index in [1.807, 2.05) is 0 Å². The van der Waals surface area contributed by atoms with Crippen LogP contribution in [0.2, 0.25) is 0 Å². The number of amides is 1. The van der Waals surface area contributed by atoms with Gasteiger partial charge in [0.25, 0.3) is 0 Å². The molecule has 7 nitrogen and oxygen atoms in total. The molecule has 0 aliphatic carbocycles. The van der Waals surface area contributed by atoms with E-state index in [9.17, 15) is 24.9 Å². The molecule has 1 aromatic rings. The van der Waals surface area contributed by atoms with Crippen molar-refractivity contribution in [2.75, 3.05) is 13.0 Å². The lowest BCUT2D eigenvalue weighted by molar-refractivity contribution is -0.118. The average molecular weight is 290 g/mol. The van der Waals surface area contributed by atoms with Gasteiger partial charge in [-0.15, -0.1) is 11.6 Å². The highest BCUT2D eigenvalue weighted by Crippen LogP contribution is 2.39. The molecule has 0 aliphatic heterocycles. The van der Waals surface area contributed by atoms with Crippen LogP contribution in [0.25, 0.3) is 0 Å². The minimum Gasteiger partial charge on any atom is -0.504 e. The first kappa shape index (κ1) is 14.9. The van der Waals surface area contributed by atoms with Crippen molar-refractivity contribution in [3.8, 4) is 17.2 Å². The SMILES string of the molecule is COC(=O)c1cc(O)c(O)c(O)c1CNC(=O)CCl. The third-order valence-electron chi connectivity index (χ3n) is 2.35. The fraction of sp³-hybridized carbons (Fsp3) is 0.273. The Morgan fingerprint density at radius 1 is 1.32 bits per heavy atom. The van der Waals surface area contributed by atoms with Crippen LogP contribution in [0.4, 0.5) is 0 Å². The summed E-state index contributed by atoms with van der Waals surface area (Å²) < 4.78 is 4.48. The van der Waals surface area contributed by atoms with Gasteiger partial charge < -0.3 is 25.4 Å². The normalized spacial score (nSPS) is 10.0. The number of benzene rings is 1. The van der Waals surface area contributed by atoms with Gasteiger partial charge in [-0.2, -0.15) is 0 Å². The highest BCUT2D eigenvalue weighted by molar-refractivity contribution is 6.27. The van der Waals surface area contributed by atoms with E-state index < -0.39 is 29.1 Å². The van der Waals surface area contributed by atoms with E-state index in [0.29, 0.717) is 0 Å². The van der Waals surface area contributed by atoms with Crippen LogP contribution in [0.3, 0.4) is 0 Å². The lowest BCUT2D eigenvalue weighted by atomic mass is 10.0. The smallest absolute Gasteiger partial charge is 0.338 e. The molecule has 0 aromatic heterocycles. The average Bonchev–Trinajstić information content (AvgIpc) is 2.42. The molecular weight excluding hydrogens is 278 g/mol. The van der Waals surface area contributed by atoms with Crippen molar-refractivity contribution in [1.82, 2.24) is 5.32 Å². The van der Waals surface area contributed by atoms with Crippen LogP contribution in [0, 0.1) is 0 Å². The predicted octanol–water partition coefficient (Wildman–Crippen LogP) is 0.445. The fourth-order valence-corrected chi connectivity index (χ4v) is 1.48. The van der Waals surface area contributed by atoms with E-state index in [-0.39, 0.29) is 23.6 Å². The summed E-state index contributed by atoms with van der Waals surface area (Å²) in [7, 11) is 1.12. The van der Waals surface area contributed by atoms with E-state index in [1.165, 1.54) is 0 Å². The van der Waals surface area contributed by atoms with E-state index in [1.54, 1.807) is 0 Å². The summed E-state index contributed by atoms with van der Waals surface area (Å²) in [6, 6.07) is 0.934. The van der Waals surface area contributed by atoms with E-state index >= 15 is 0 Å². The first-order chi connectivity index (χ1) is 8.92. The monoisotopic (exact) mass is 289 g/mol. The van der Waals surface area contributed by atoms with Gasteiger partial charge in [0.2, 0.25) is 11.7 Å². The minimum absolute atomic E-state index is 0.0828. The number of nitrogens with one attached hydrogen (secondary N) is 1. The number of aromatic hydroxyl groups is 3. The van der Waals surface area contributed by atoms with Gasteiger partial charge in [0.15, 0.2) is 11.5 Å². The number of phenols is 3. The second-order valence-electron chi connectivity index (χ2n) is 3.52. The molecule has 0 radical (unpaired) electrons. The Balaban J connectivity index is 3.22. The third-order valence-corrected chi connectivity index (χ3v) is 2.59. The Hall–Kier alpha value is -2.15. The molecule has 19 heavy (non-hydrogen) atoms. The quantitative estimate of drug-likeness (QED) is 0.363. The highest BCUT2D eigenvalue weighted by atomic mass is 35.5. The maximum atomic E-state index is 11.5. The van der Waals surface area contributed by atoms with Crippen molar-refractivity contribution in [3.63, 3.8) is 0 Å². The number of esters is 1. The fourth-order valence-electron chi connectivity index (χ4n) is 1.39. The Kier molecular flexibility index (Phi) is 4.82. The molecule has 0 bridgehead atoms. The van der Waals surface area contributed by atoms with E-state index in [2.05, 4.69) is 10.1 Å². The second-order valence-corrected chi connectivity index (χ2v) is 3.79. The van der Waals surface area contributed by atoms with Crippen LogP contribution in [0.5, 0.6) is 17.2 Å². The zero-order chi connectivity index (χ0) is 14.6. The lowest BCUT2D eigenvalue weighted by Gasteiger charge is -2.13. The number of methoxy groups -OCH3 is 1. The van der Waals surface area contributed by atoms with Crippen molar-refractivity contribution in [2.24, 2.45) is 0 Å². The van der Waals surface area contributed by atoms with E-state index in [0.717, 1.165) is 13.2 Å². The van der Waals surface area contributed by atoms with Crippen molar-refractivity contribution in [3.05, 3.63) is 17.2 Å². The molecule has 104 valence electrons. The Bertz CT molecular complexity index is 516. The molecule has 0 heterocycles. The summed E-state index contributed by atoms with van der Waals surface area (Å²) in [4.78, 5) is 22.5. The van der Waals surface area contributed by atoms with Crippen LogP contribution in [0.1, 0.15) is 15.9 Å². The number of ether oxygens (including phenoxy) is 1. The summed E-state index contributed by atoms with van der Waals surface area (Å²) >= 11 is 5.29. The molecule has 0 aliphatic rings. The van der Waals surface area contributed by atoms with Crippen LogP contribution in [0.15, 0.2) is 6.07 Å². The maximum Gasteiger partial charge on any atom is 0.338 e. The van der Waals surface area contributed by atoms with Crippen LogP contribution >= 0.6 is 11.6 Å². The molecule has 0 unspecified atom stereocenters. The largest absolute Gasteiger partial charge is 0.504 e.